The largest absolute Gasteiger partial charge is 0.325 e. The number of piperidine rings is 1. The Balaban J connectivity index is 1.47. The van der Waals surface area contributed by atoms with Gasteiger partial charge in [0.15, 0.2) is 0 Å². The molecule has 8 heteroatoms. The number of rotatable bonds is 5. The Bertz CT molecular complexity index is 1230. The van der Waals surface area contributed by atoms with Crippen molar-refractivity contribution in [2.24, 2.45) is 5.92 Å². The number of halogens is 2. The molecule has 1 aliphatic rings. The summed E-state index contributed by atoms with van der Waals surface area (Å²) in [6.07, 6.45) is 1.28. The molecule has 1 N–H and O–H groups in total. The number of carbonyl (C=O) groups is 1. The van der Waals surface area contributed by atoms with Gasteiger partial charge in [0.1, 0.15) is 0 Å². The molecule has 0 bridgehead atoms. The minimum atomic E-state index is -3.59. The summed E-state index contributed by atoms with van der Waals surface area (Å²) in [6, 6.07) is 18.4. The van der Waals surface area contributed by atoms with Crippen LogP contribution >= 0.6 is 23.2 Å². The van der Waals surface area contributed by atoms with Crippen molar-refractivity contribution in [2.45, 2.75) is 18.6 Å². The van der Waals surface area contributed by atoms with Crippen molar-refractivity contribution in [1.29, 1.82) is 0 Å². The maximum absolute atomic E-state index is 13.0. The zero-order valence-corrected chi connectivity index (χ0v) is 19.1. The van der Waals surface area contributed by atoms with Crippen LogP contribution in [-0.4, -0.2) is 31.7 Å². The van der Waals surface area contributed by atoms with E-state index < -0.39 is 15.9 Å². The predicted molar refractivity (Wildman–Crippen MR) is 126 cm³/mol. The number of nitrogens with zero attached hydrogens (tertiary/aromatic N) is 1. The molecule has 1 amide bonds. The lowest BCUT2D eigenvalue weighted by molar-refractivity contribution is -0.120. The normalized spacial score (nSPS) is 17.5. The molecular formula is C23H22Cl2N2O3S. The molecule has 1 heterocycles. The number of anilines is 1. The Labute approximate surface area is 192 Å². The molecule has 4 rings (SSSR count). The van der Waals surface area contributed by atoms with Crippen molar-refractivity contribution < 1.29 is 13.2 Å². The van der Waals surface area contributed by atoms with E-state index in [1.165, 1.54) is 4.31 Å². The van der Waals surface area contributed by atoms with Gasteiger partial charge in [0.2, 0.25) is 15.9 Å². The summed E-state index contributed by atoms with van der Waals surface area (Å²) in [5, 5.41) is 5.69. The summed E-state index contributed by atoms with van der Waals surface area (Å²) in [6.45, 7) is 0.571. The number of hydrogen-bond acceptors (Lipinski definition) is 3. The van der Waals surface area contributed by atoms with Gasteiger partial charge in [-0.2, -0.15) is 0 Å². The summed E-state index contributed by atoms with van der Waals surface area (Å²) in [7, 11) is -3.59. The molecule has 3 aromatic rings. The highest BCUT2D eigenvalue weighted by atomic mass is 35.5. The number of sulfonamides is 1. The first-order chi connectivity index (χ1) is 14.8. The van der Waals surface area contributed by atoms with E-state index >= 15 is 0 Å². The molecule has 0 radical (unpaired) electrons. The van der Waals surface area contributed by atoms with E-state index in [4.69, 9.17) is 23.2 Å². The zero-order chi connectivity index (χ0) is 22.0. The Kier molecular flexibility index (Phi) is 6.53. The highest BCUT2D eigenvalue weighted by molar-refractivity contribution is 7.88. The smallest absolute Gasteiger partial charge is 0.228 e. The average Bonchev–Trinajstić information content (AvgIpc) is 2.76. The first-order valence-corrected chi connectivity index (χ1v) is 12.4. The van der Waals surface area contributed by atoms with Gasteiger partial charge in [-0.1, -0.05) is 65.7 Å². The van der Waals surface area contributed by atoms with Crippen LogP contribution in [-0.2, 0) is 20.6 Å². The van der Waals surface area contributed by atoms with Crippen LogP contribution in [0.4, 0.5) is 5.69 Å². The van der Waals surface area contributed by atoms with Crippen molar-refractivity contribution in [3.05, 3.63) is 76.3 Å². The van der Waals surface area contributed by atoms with Gasteiger partial charge in [0.25, 0.3) is 0 Å². The number of carbonyl (C=O) groups excluding carboxylic acids is 1. The molecule has 31 heavy (non-hydrogen) atoms. The first-order valence-electron chi connectivity index (χ1n) is 10.0. The standard InChI is InChI=1S/C23H22Cl2N2O3S/c24-20-11-10-16(13-21(20)25)15-31(29,30)27-12-4-7-18(14-27)23(28)26-22-9-3-6-17-5-1-2-8-19(17)22/h1-3,5-6,8-11,13,18H,4,7,12,14-15H2,(H,26,28). The molecule has 162 valence electrons. The fraction of sp³-hybridized carbons (Fsp3) is 0.261. The Morgan fingerprint density at radius 3 is 2.61 bits per heavy atom. The van der Waals surface area contributed by atoms with E-state index in [1.54, 1.807) is 18.2 Å². The van der Waals surface area contributed by atoms with Crippen molar-refractivity contribution in [3.63, 3.8) is 0 Å². The average molecular weight is 477 g/mol. The van der Waals surface area contributed by atoms with E-state index in [2.05, 4.69) is 5.32 Å². The summed E-state index contributed by atoms with van der Waals surface area (Å²) in [4.78, 5) is 13.0. The summed E-state index contributed by atoms with van der Waals surface area (Å²) >= 11 is 11.9. The van der Waals surface area contributed by atoms with E-state index in [1.807, 2.05) is 42.5 Å². The number of nitrogens with one attached hydrogen (secondary N) is 1. The fourth-order valence-electron chi connectivity index (χ4n) is 3.91. The molecule has 3 aromatic carbocycles. The number of hydrogen-bond donors (Lipinski definition) is 1. The van der Waals surface area contributed by atoms with Gasteiger partial charge >= 0.3 is 0 Å². The van der Waals surface area contributed by atoms with Crippen LogP contribution in [0.5, 0.6) is 0 Å². The number of benzene rings is 3. The topological polar surface area (TPSA) is 66.5 Å². The second-order valence-electron chi connectivity index (χ2n) is 7.72. The van der Waals surface area contributed by atoms with Gasteiger partial charge in [0, 0.05) is 24.2 Å². The van der Waals surface area contributed by atoms with Gasteiger partial charge in [-0.3, -0.25) is 4.79 Å². The Morgan fingerprint density at radius 1 is 1.03 bits per heavy atom. The highest BCUT2D eigenvalue weighted by Crippen LogP contribution is 2.28. The molecule has 1 aliphatic heterocycles. The monoisotopic (exact) mass is 476 g/mol. The van der Waals surface area contributed by atoms with Crippen LogP contribution in [0, 0.1) is 5.92 Å². The predicted octanol–water partition coefficient (Wildman–Crippen LogP) is 5.33. The van der Waals surface area contributed by atoms with Crippen molar-refractivity contribution >= 4 is 55.6 Å². The third-order valence-corrected chi connectivity index (χ3v) is 8.08. The quantitative estimate of drug-likeness (QED) is 0.541. The fourth-order valence-corrected chi connectivity index (χ4v) is 5.83. The van der Waals surface area contributed by atoms with E-state index in [9.17, 15) is 13.2 Å². The van der Waals surface area contributed by atoms with Crippen LogP contribution < -0.4 is 5.32 Å². The second kappa shape index (κ2) is 9.17. The van der Waals surface area contributed by atoms with Crippen molar-refractivity contribution in [1.82, 2.24) is 4.31 Å². The molecule has 1 fully saturated rings. The molecule has 0 aliphatic carbocycles. The Hall–Kier alpha value is -2.12. The van der Waals surface area contributed by atoms with E-state index in [0.29, 0.717) is 35.0 Å². The molecule has 5 nitrogen and oxygen atoms in total. The molecular weight excluding hydrogens is 455 g/mol. The lowest BCUT2D eigenvalue weighted by Crippen LogP contribution is -2.44. The van der Waals surface area contributed by atoms with Crippen LogP contribution in [0.3, 0.4) is 0 Å². The van der Waals surface area contributed by atoms with Gasteiger partial charge in [-0.05, 0) is 42.0 Å². The minimum Gasteiger partial charge on any atom is -0.325 e. The zero-order valence-electron chi connectivity index (χ0n) is 16.7. The second-order valence-corrected chi connectivity index (χ2v) is 10.5. The third kappa shape index (κ3) is 5.04. The van der Waals surface area contributed by atoms with Crippen LogP contribution in [0.1, 0.15) is 18.4 Å². The summed E-state index contributed by atoms with van der Waals surface area (Å²) in [5.74, 6) is -0.747. The van der Waals surface area contributed by atoms with Crippen LogP contribution in [0.25, 0.3) is 10.8 Å². The number of fused-ring (bicyclic) bond motifs is 1. The van der Waals surface area contributed by atoms with Crippen LogP contribution in [0.2, 0.25) is 10.0 Å². The molecule has 1 unspecified atom stereocenters. The van der Waals surface area contributed by atoms with E-state index in [0.717, 1.165) is 16.5 Å². The molecule has 0 aromatic heterocycles. The van der Waals surface area contributed by atoms with Crippen molar-refractivity contribution in [2.75, 3.05) is 18.4 Å². The van der Waals surface area contributed by atoms with Gasteiger partial charge < -0.3 is 5.32 Å². The summed E-state index contributed by atoms with van der Waals surface area (Å²) in [5.41, 5.74) is 1.30. The third-order valence-electron chi connectivity index (χ3n) is 5.53. The number of amides is 1. The first kappa shape index (κ1) is 22.1. The maximum Gasteiger partial charge on any atom is 0.228 e. The van der Waals surface area contributed by atoms with Crippen LogP contribution in [0.15, 0.2) is 60.7 Å². The molecule has 0 saturated carbocycles. The lowest BCUT2D eigenvalue weighted by atomic mass is 9.98. The lowest BCUT2D eigenvalue weighted by Gasteiger charge is -2.31. The van der Waals surface area contributed by atoms with E-state index in [-0.39, 0.29) is 18.2 Å². The van der Waals surface area contributed by atoms with Gasteiger partial charge in [0.05, 0.1) is 21.7 Å². The SMILES string of the molecule is O=C(Nc1cccc2ccccc12)C1CCCN(S(=O)(=O)Cc2ccc(Cl)c(Cl)c2)C1. The highest BCUT2D eigenvalue weighted by Gasteiger charge is 2.32. The Morgan fingerprint density at radius 2 is 1.81 bits per heavy atom. The maximum atomic E-state index is 13.0. The van der Waals surface area contributed by atoms with Crippen molar-refractivity contribution in [3.8, 4) is 0 Å². The molecule has 1 atom stereocenters. The minimum absolute atomic E-state index is 0.161. The van der Waals surface area contributed by atoms with Gasteiger partial charge in [-0.15, -0.1) is 0 Å². The summed E-state index contributed by atoms with van der Waals surface area (Å²) < 4.78 is 27.4. The molecule has 0 spiro atoms. The van der Waals surface area contributed by atoms with Gasteiger partial charge in [-0.25, -0.2) is 12.7 Å². The molecule has 1 saturated heterocycles.